The Bertz CT molecular complexity index is 275. The van der Waals surface area contributed by atoms with Crippen LogP contribution >= 0.6 is 0 Å². The number of Topliss-reactive ketones (excluding diaryl/α,β-unsaturated/α-hetero) is 1. The Morgan fingerprint density at radius 3 is 2.16 bits per heavy atom. The molecule has 112 valence electrons. The highest BCUT2D eigenvalue weighted by molar-refractivity contribution is 6.60. The predicted molar refractivity (Wildman–Crippen MR) is 79.1 cm³/mol. The van der Waals surface area contributed by atoms with Crippen molar-refractivity contribution in [3.8, 4) is 0 Å². The fourth-order valence-corrected chi connectivity index (χ4v) is 3.71. The minimum Gasteiger partial charge on any atom is -0.377 e. The van der Waals surface area contributed by atoms with Crippen molar-refractivity contribution < 1.29 is 18.1 Å². The van der Waals surface area contributed by atoms with E-state index in [4.69, 9.17) is 13.3 Å². The molecule has 0 unspecified atom stereocenters. The van der Waals surface area contributed by atoms with Gasteiger partial charge in [0.05, 0.1) is 0 Å². The summed E-state index contributed by atoms with van der Waals surface area (Å²) in [6, 6.07) is 0.757. The van der Waals surface area contributed by atoms with Crippen molar-refractivity contribution in [1.29, 1.82) is 0 Å². The van der Waals surface area contributed by atoms with Gasteiger partial charge in [0, 0.05) is 20.3 Å². The standard InChI is InChI=1S/C14H28O4Si/c1-6-7-8-9-10-11-19(16-4,17-5)18-12-14(15)13(2)3/h2,6-12H2,1,3-5H3. The fourth-order valence-electron chi connectivity index (χ4n) is 1.72. The van der Waals surface area contributed by atoms with Crippen molar-refractivity contribution in [1.82, 2.24) is 0 Å². The molecule has 0 N–H and O–H groups in total. The maximum Gasteiger partial charge on any atom is 0.500 e. The van der Waals surface area contributed by atoms with Crippen molar-refractivity contribution in [2.75, 3.05) is 20.8 Å². The van der Waals surface area contributed by atoms with Crippen molar-refractivity contribution in [2.24, 2.45) is 0 Å². The zero-order chi connectivity index (χ0) is 14.7. The second kappa shape index (κ2) is 10.3. The normalized spacial score (nSPS) is 11.6. The zero-order valence-corrected chi connectivity index (χ0v) is 13.8. The van der Waals surface area contributed by atoms with Gasteiger partial charge in [-0.25, -0.2) is 0 Å². The number of rotatable bonds is 12. The molecular formula is C14H28O4Si. The predicted octanol–water partition coefficient (Wildman–Crippen LogP) is 3.35. The summed E-state index contributed by atoms with van der Waals surface area (Å²) in [4.78, 5) is 11.5. The molecule has 0 aliphatic carbocycles. The summed E-state index contributed by atoms with van der Waals surface area (Å²) in [5, 5.41) is 0. The molecule has 0 spiro atoms. The van der Waals surface area contributed by atoms with Crippen LogP contribution in [0.2, 0.25) is 6.04 Å². The monoisotopic (exact) mass is 288 g/mol. The second-order valence-corrected chi connectivity index (χ2v) is 7.72. The van der Waals surface area contributed by atoms with Gasteiger partial charge in [0.1, 0.15) is 6.61 Å². The molecule has 19 heavy (non-hydrogen) atoms. The van der Waals surface area contributed by atoms with E-state index in [-0.39, 0.29) is 12.4 Å². The highest BCUT2D eigenvalue weighted by Gasteiger charge is 2.38. The maximum absolute atomic E-state index is 11.5. The summed E-state index contributed by atoms with van der Waals surface area (Å²) < 4.78 is 16.5. The van der Waals surface area contributed by atoms with Crippen LogP contribution in [-0.2, 0) is 18.1 Å². The van der Waals surface area contributed by atoms with Gasteiger partial charge < -0.3 is 13.3 Å². The Morgan fingerprint density at radius 1 is 1.11 bits per heavy atom. The van der Waals surface area contributed by atoms with Crippen LogP contribution in [0.15, 0.2) is 12.2 Å². The van der Waals surface area contributed by atoms with Crippen molar-refractivity contribution in [3.63, 3.8) is 0 Å². The molecule has 0 saturated heterocycles. The molecule has 0 aromatic carbocycles. The number of carbonyl (C=O) groups is 1. The molecule has 0 aromatic rings. The smallest absolute Gasteiger partial charge is 0.377 e. The average Bonchev–Trinajstić information content (AvgIpc) is 2.42. The van der Waals surface area contributed by atoms with E-state index in [2.05, 4.69) is 13.5 Å². The molecule has 0 saturated carbocycles. The van der Waals surface area contributed by atoms with Crippen LogP contribution in [0, 0.1) is 0 Å². The Kier molecular flexibility index (Phi) is 10.0. The molecule has 0 fully saturated rings. The SMILES string of the molecule is C=C(C)C(=O)CO[Si](CCCCCCC)(OC)OC. The van der Waals surface area contributed by atoms with Gasteiger partial charge >= 0.3 is 8.80 Å². The lowest BCUT2D eigenvalue weighted by atomic mass is 10.2. The summed E-state index contributed by atoms with van der Waals surface area (Å²) >= 11 is 0. The summed E-state index contributed by atoms with van der Waals surface area (Å²) in [5.41, 5.74) is 0.498. The topological polar surface area (TPSA) is 44.8 Å². The van der Waals surface area contributed by atoms with Gasteiger partial charge in [0.25, 0.3) is 0 Å². The van der Waals surface area contributed by atoms with E-state index in [9.17, 15) is 4.79 Å². The first-order valence-corrected chi connectivity index (χ1v) is 8.87. The molecule has 0 heterocycles. The van der Waals surface area contributed by atoms with E-state index >= 15 is 0 Å². The van der Waals surface area contributed by atoms with Crippen LogP contribution < -0.4 is 0 Å². The van der Waals surface area contributed by atoms with E-state index in [1.165, 1.54) is 19.3 Å². The molecule has 0 aliphatic heterocycles. The van der Waals surface area contributed by atoms with Gasteiger partial charge in [-0.2, -0.15) is 0 Å². The summed E-state index contributed by atoms with van der Waals surface area (Å²) in [7, 11) is 0.506. The van der Waals surface area contributed by atoms with Crippen LogP contribution in [0.1, 0.15) is 46.0 Å². The number of hydrogen-bond donors (Lipinski definition) is 0. The van der Waals surface area contributed by atoms with Crippen LogP contribution in [0.5, 0.6) is 0 Å². The third kappa shape index (κ3) is 7.62. The largest absolute Gasteiger partial charge is 0.500 e. The van der Waals surface area contributed by atoms with Gasteiger partial charge in [0.15, 0.2) is 5.78 Å². The van der Waals surface area contributed by atoms with Crippen molar-refractivity contribution in [2.45, 2.75) is 52.0 Å². The zero-order valence-electron chi connectivity index (χ0n) is 12.8. The molecule has 0 rings (SSSR count). The van der Waals surface area contributed by atoms with Crippen LogP contribution in [0.4, 0.5) is 0 Å². The second-order valence-electron chi connectivity index (χ2n) is 4.75. The van der Waals surface area contributed by atoms with E-state index in [0.717, 1.165) is 18.9 Å². The first-order chi connectivity index (χ1) is 9.01. The third-order valence-corrected chi connectivity index (χ3v) is 5.90. The van der Waals surface area contributed by atoms with Gasteiger partial charge in [-0.1, -0.05) is 39.2 Å². The lowest BCUT2D eigenvalue weighted by Crippen LogP contribution is -2.45. The highest BCUT2D eigenvalue weighted by Crippen LogP contribution is 2.19. The molecule has 0 bridgehead atoms. The molecule has 5 heteroatoms. The minimum atomic E-state index is -2.67. The third-order valence-electron chi connectivity index (χ3n) is 3.11. The number of carbonyl (C=O) groups excluding carboxylic acids is 1. The van der Waals surface area contributed by atoms with Gasteiger partial charge in [-0.15, -0.1) is 0 Å². The van der Waals surface area contributed by atoms with Crippen molar-refractivity contribution in [3.05, 3.63) is 12.2 Å². The molecule has 0 amide bonds. The van der Waals surface area contributed by atoms with Crippen LogP contribution in [0.3, 0.4) is 0 Å². The minimum absolute atomic E-state index is 0.00179. The van der Waals surface area contributed by atoms with Gasteiger partial charge in [-0.05, 0) is 18.9 Å². The molecular weight excluding hydrogens is 260 g/mol. The maximum atomic E-state index is 11.5. The summed E-state index contributed by atoms with van der Waals surface area (Å²) in [6.45, 7) is 7.48. The van der Waals surface area contributed by atoms with E-state index in [1.807, 2.05) is 0 Å². The summed E-state index contributed by atoms with van der Waals surface area (Å²) in [6.07, 6.45) is 5.85. The Labute approximate surface area is 118 Å². The fraction of sp³-hybridized carbons (Fsp3) is 0.786. The van der Waals surface area contributed by atoms with Crippen LogP contribution in [-0.4, -0.2) is 35.4 Å². The highest BCUT2D eigenvalue weighted by atomic mass is 28.4. The first-order valence-electron chi connectivity index (χ1n) is 6.94. The number of hydrogen-bond acceptors (Lipinski definition) is 4. The lowest BCUT2D eigenvalue weighted by Gasteiger charge is -2.26. The van der Waals surface area contributed by atoms with Gasteiger partial charge in [-0.3, -0.25) is 4.79 Å². The molecule has 0 atom stereocenters. The first kappa shape index (κ1) is 18.5. The van der Waals surface area contributed by atoms with E-state index < -0.39 is 8.80 Å². The number of ketones is 1. The van der Waals surface area contributed by atoms with E-state index in [1.54, 1.807) is 21.1 Å². The molecule has 0 radical (unpaired) electrons. The van der Waals surface area contributed by atoms with E-state index in [0.29, 0.717) is 5.57 Å². The van der Waals surface area contributed by atoms with Crippen molar-refractivity contribution >= 4 is 14.6 Å². The van der Waals surface area contributed by atoms with Gasteiger partial charge in [0.2, 0.25) is 0 Å². The molecule has 0 aliphatic rings. The van der Waals surface area contributed by atoms with Crippen LogP contribution in [0.25, 0.3) is 0 Å². The molecule has 0 aromatic heterocycles. The lowest BCUT2D eigenvalue weighted by molar-refractivity contribution is -0.118. The summed E-state index contributed by atoms with van der Waals surface area (Å²) in [5.74, 6) is -0.100. The number of unbranched alkanes of at least 4 members (excludes halogenated alkanes) is 4. The average molecular weight is 288 g/mol. The Morgan fingerprint density at radius 2 is 1.68 bits per heavy atom. The quantitative estimate of drug-likeness (QED) is 0.314. The Hall–Kier alpha value is -0.493. The Balaban J connectivity index is 4.18. The molecule has 4 nitrogen and oxygen atoms in total.